The predicted octanol–water partition coefficient (Wildman–Crippen LogP) is 0.342. The molecule has 110 valence electrons. The zero-order chi connectivity index (χ0) is 13.5. The molecule has 0 aromatic rings. The van der Waals surface area contributed by atoms with Gasteiger partial charge < -0.3 is 20.7 Å². The lowest BCUT2D eigenvalue weighted by molar-refractivity contribution is -0.124. The predicted molar refractivity (Wildman–Crippen MR) is 74.8 cm³/mol. The number of nitrogens with one attached hydrogen (secondary N) is 1. The molecular weight excluding hydrogens is 242 g/mol. The molecule has 0 radical (unpaired) electrons. The number of hydrogen-bond donors (Lipinski definition) is 2. The van der Waals surface area contributed by atoms with Crippen LogP contribution in [0.5, 0.6) is 0 Å². The molecule has 1 unspecified atom stereocenters. The van der Waals surface area contributed by atoms with E-state index in [0.717, 1.165) is 45.6 Å². The summed E-state index contributed by atoms with van der Waals surface area (Å²) >= 11 is 0. The minimum Gasteiger partial charge on any atom is -0.381 e. The molecule has 2 heterocycles. The van der Waals surface area contributed by atoms with E-state index in [1.165, 1.54) is 25.9 Å². The van der Waals surface area contributed by atoms with Crippen LogP contribution in [0, 0.1) is 5.92 Å². The van der Waals surface area contributed by atoms with Crippen LogP contribution >= 0.6 is 0 Å². The highest BCUT2D eigenvalue weighted by atomic mass is 16.5. The summed E-state index contributed by atoms with van der Waals surface area (Å²) in [5.74, 6) is 0.292. The number of nitrogens with zero attached hydrogens (tertiary/aromatic N) is 1. The zero-order valence-electron chi connectivity index (χ0n) is 11.8. The van der Waals surface area contributed by atoms with E-state index in [-0.39, 0.29) is 17.9 Å². The van der Waals surface area contributed by atoms with Crippen molar-refractivity contribution in [1.29, 1.82) is 0 Å². The van der Waals surface area contributed by atoms with Crippen LogP contribution < -0.4 is 11.1 Å². The van der Waals surface area contributed by atoms with E-state index in [1.54, 1.807) is 0 Å². The minimum atomic E-state index is -0.365. The molecule has 0 aromatic carbocycles. The molecule has 0 bridgehead atoms. The van der Waals surface area contributed by atoms with Crippen LogP contribution in [0.15, 0.2) is 0 Å². The average Bonchev–Trinajstić information content (AvgIpc) is 2.96. The number of ether oxygens (including phenoxy) is 1. The monoisotopic (exact) mass is 269 g/mol. The Balaban J connectivity index is 1.57. The SMILES string of the molecule is NC(C(=O)NCCCN1CCCC1)C1CCOCC1. The first-order valence-electron chi connectivity index (χ1n) is 7.61. The van der Waals surface area contributed by atoms with Gasteiger partial charge in [0.1, 0.15) is 0 Å². The maximum absolute atomic E-state index is 11.9. The van der Waals surface area contributed by atoms with Crippen LogP contribution in [0.2, 0.25) is 0 Å². The second-order valence-corrected chi connectivity index (χ2v) is 5.67. The van der Waals surface area contributed by atoms with Crippen molar-refractivity contribution in [2.24, 2.45) is 11.7 Å². The molecule has 0 spiro atoms. The Hall–Kier alpha value is -0.650. The van der Waals surface area contributed by atoms with Crippen LogP contribution in [-0.4, -0.2) is 56.2 Å². The van der Waals surface area contributed by atoms with E-state index in [9.17, 15) is 4.79 Å². The van der Waals surface area contributed by atoms with Gasteiger partial charge in [-0.15, -0.1) is 0 Å². The van der Waals surface area contributed by atoms with Gasteiger partial charge in [-0.3, -0.25) is 4.79 Å². The molecule has 1 atom stereocenters. The molecule has 0 saturated carbocycles. The van der Waals surface area contributed by atoms with Crippen molar-refractivity contribution in [3.05, 3.63) is 0 Å². The van der Waals surface area contributed by atoms with Gasteiger partial charge in [-0.25, -0.2) is 0 Å². The quantitative estimate of drug-likeness (QED) is 0.683. The number of hydrogen-bond acceptors (Lipinski definition) is 4. The second-order valence-electron chi connectivity index (χ2n) is 5.67. The Morgan fingerprint density at radius 3 is 2.68 bits per heavy atom. The first kappa shape index (κ1) is 14.8. The van der Waals surface area contributed by atoms with Gasteiger partial charge in [-0.1, -0.05) is 0 Å². The normalized spacial score (nSPS) is 23.4. The average molecular weight is 269 g/mol. The van der Waals surface area contributed by atoms with Crippen molar-refractivity contribution in [3.8, 4) is 0 Å². The van der Waals surface area contributed by atoms with Crippen molar-refractivity contribution in [3.63, 3.8) is 0 Å². The highest BCUT2D eigenvalue weighted by Gasteiger charge is 2.26. The van der Waals surface area contributed by atoms with E-state index in [4.69, 9.17) is 10.5 Å². The van der Waals surface area contributed by atoms with E-state index < -0.39 is 0 Å². The van der Waals surface area contributed by atoms with E-state index >= 15 is 0 Å². The third-order valence-electron chi connectivity index (χ3n) is 4.23. The summed E-state index contributed by atoms with van der Waals surface area (Å²) in [6, 6.07) is -0.365. The van der Waals surface area contributed by atoms with Gasteiger partial charge in [-0.2, -0.15) is 0 Å². The summed E-state index contributed by atoms with van der Waals surface area (Å²) < 4.78 is 5.29. The molecule has 5 nitrogen and oxygen atoms in total. The Morgan fingerprint density at radius 2 is 2.00 bits per heavy atom. The van der Waals surface area contributed by atoms with Gasteiger partial charge in [0.2, 0.25) is 5.91 Å². The van der Waals surface area contributed by atoms with Gasteiger partial charge in [-0.05, 0) is 57.7 Å². The van der Waals surface area contributed by atoms with Gasteiger partial charge in [0, 0.05) is 19.8 Å². The van der Waals surface area contributed by atoms with Gasteiger partial charge in [0.15, 0.2) is 0 Å². The second kappa shape index (κ2) is 7.82. The van der Waals surface area contributed by atoms with Gasteiger partial charge in [0.25, 0.3) is 0 Å². The molecule has 2 fully saturated rings. The number of amides is 1. The standard InChI is InChI=1S/C14H27N3O2/c15-13(12-4-10-19-11-5-12)14(18)16-6-3-9-17-7-1-2-8-17/h12-13H,1-11,15H2,(H,16,18). The minimum absolute atomic E-state index is 0.00771. The molecule has 2 rings (SSSR count). The van der Waals surface area contributed by atoms with E-state index in [0.29, 0.717) is 0 Å². The molecule has 1 amide bonds. The lowest BCUT2D eigenvalue weighted by Crippen LogP contribution is -2.47. The summed E-state index contributed by atoms with van der Waals surface area (Å²) in [6.07, 6.45) is 5.47. The number of carbonyl (C=O) groups excluding carboxylic acids is 1. The van der Waals surface area contributed by atoms with Crippen LogP contribution in [0.4, 0.5) is 0 Å². The van der Waals surface area contributed by atoms with E-state index in [1.807, 2.05) is 0 Å². The molecule has 0 aromatic heterocycles. The fraction of sp³-hybridized carbons (Fsp3) is 0.929. The van der Waals surface area contributed by atoms with Gasteiger partial charge >= 0.3 is 0 Å². The number of carbonyl (C=O) groups is 1. The number of rotatable bonds is 6. The Labute approximate surface area is 115 Å². The van der Waals surface area contributed by atoms with E-state index in [2.05, 4.69) is 10.2 Å². The molecule has 5 heteroatoms. The molecule has 2 aliphatic heterocycles. The smallest absolute Gasteiger partial charge is 0.237 e. The van der Waals surface area contributed by atoms with Crippen LogP contribution in [0.25, 0.3) is 0 Å². The molecule has 19 heavy (non-hydrogen) atoms. The molecule has 0 aliphatic carbocycles. The summed E-state index contributed by atoms with van der Waals surface area (Å²) in [5, 5.41) is 2.97. The lowest BCUT2D eigenvalue weighted by Gasteiger charge is -2.26. The number of nitrogens with two attached hydrogens (primary N) is 1. The first-order valence-corrected chi connectivity index (χ1v) is 7.61. The number of likely N-dealkylation sites (tertiary alicyclic amines) is 1. The van der Waals surface area contributed by atoms with Crippen LogP contribution in [0.3, 0.4) is 0 Å². The highest BCUT2D eigenvalue weighted by Crippen LogP contribution is 2.17. The van der Waals surface area contributed by atoms with Crippen molar-refractivity contribution in [1.82, 2.24) is 10.2 Å². The molecule has 2 aliphatic rings. The summed E-state index contributed by atoms with van der Waals surface area (Å²) in [5.41, 5.74) is 6.02. The summed E-state index contributed by atoms with van der Waals surface area (Å²) in [6.45, 7) is 5.74. The van der Waals surface area contributed by atoms with Crippen molar-refractivity contribution in [2.75, 3.05) is 39.4 Å². The van der Waals surface area contributed by atoms with Crippen molar-refractivity contribution < 1.29 is 9.53 Å². The maximum Gasteiger partial charge on any atom is 0.237 e. The fourth-order valence-electron chi connectivity index (χ4n) is 2.93. The molecule has 2 saturated heterocycles. The summed E-state index contributed by atoms with van der Waals surface area (Å²) in [4.78, 5) is 14.4. The Kier molecular flexibility index (Phi) is 6.07. The Morgan fingerprint density at radius 1 is 1.32 bits per heavy atom. The Bertz CT molecular complexity index is 274. The third kappa shape index (κ3) is 4.75. The van der Waals surface area contributed by atoms with Crippen molar-refractivity contribution >= 4 is 5.91 Å². The third-order valence-corrected chi connectivity index (χ3v) is 4.23. The summed E-state index contributed by atoms with van der Waals surface area (Å²) in [7, 11) is 0. The zero-order valence-corrected chi connectivity index (χ0v) is 11.8. The van der Waals surface area contributed by atoms with Crippen LogP contribution in [0.1, 0.15) is 32.1 Å². The fourth-order valence-corrected chi connectivity index (χ4v) is 2.93. The maximum atomic E-state index is 11.9. The highest BCUT2D eigenvalue weighted by molar-refractivity contribution is 5.81. The topological polar surface area (TPSA) is 67.6 Å². The molecular formula is C14H27N3O2. The van der Waals surface area contributed by atoms with Gasteiger partial charge in [0.05, 0.1) is 6.04 Å². The lowest BCUT2D eigenvalue weighted by atomic mass is 9.92. The molecule has 3 N–H and O–H groups in total. The largest absolute Gasteiger partial charge is 0.381 e. The van der Waals surface area contributed by atoms with Crippen molar-refractivity contribution in [2.45, 2.75) is 38.1 Å². The first-order chi connectivity index (χ1) is 9.27. The van der Waals surface area contributed by atoms with Crippen LogP contribution in [-0.2, 0) is 9.53 Å².